The molecule has 3 heteroatoms. The number of hydrogen-bond donors (Lipinski definition) is 1. The molecule has 1 aromatic heterocycles. The predicted octanol–water partition coefficient (Wildman–Crippen LogP) is 4.85. The Kier molecular flexibility index (Phi) is 3.95. The van der Waals surface area contributed by atoms with Crippen LogP contribution in [0.15, 0.2) is 41.0 Å². The lowest BCUT2D eigenvalue weighted by Crippen LogP contribution is -2.14. The van der Waals surface area contributed by atoms with E-state index in [1.165, 1.54) is 22.3 Å². The first kappa shape index (κ1) is 15.3. The van der Waals surface area contributed by atoms with Crippen LogP contribution < -0.4 is 5.32 Å². The van der Waals surface area contributed by atoms with Gasteiger partial charge in [-0.15, -0.1) is 0 Å². The van der Waals surface area contributed by atoms with Crippen LogP contribution in [0.1, 0.15) is 27.8 Å². The number of carbonyl (C=O) groups excluding carboxylic acids is 1. The van der Waals surface area contributed by atoms with Crippen molar-refractivity contribution in [3.63, 3.8) is 0 Å². The van der Waals surface area contributed by atoms with E-state index >= 15 is 0 Å². The molecule has 0 saturated heterocycles. The summed E-state index contributed by atoms with van der Waals surface area (Å²) in [5, 5.41) is 3.98. The second-order valence-corrected chi connectivity index (χ2v) is 6.22. The fourth-order valence-corrected chi connectivity index (χ4v) is 2.67. The zero-order valence-electron chi connectivity index (χ0n) is 14.0. The van der Waals surface area contributed by atoms with Crippen molar-refractivity contribution in [1.29, 1.82) is 0 Å². The standard InChI is InChI=1S/C20H21NO2/c1-12-5-6-17(7-13(12)2)21-20(22)10-16-11-23-19-9-15(4)14(3)8-18(16)19/h5-9,11H,10H2,1-4H3,(H,21,22). The quantitative estimate of drug-likeness (QED) is 0.751. The third-order valence-corrected chi connectivity index (χ3v) is 4.41. The zero-order chi connectivity index (χ0) is 16.6. The molecular formula is C20H21NO2. The summed E-state index contributed by atoms with van der Waals surface area (Å²) in [6.45, 7) is 8.23. The molecule has 3 aromatic rings. The van der Waals surface area contributed by atoms with Gasteiger partial charge in [0.25, 0.3) is 0 Å². The Morgan fingerprint density at radius 3 is 2.39 bits per heavy atom. The van der Waals surface area contributed by atoms with Crippen LogP contribution in [-0.4, -0.2) is 5.91 Å². The molecule has 3 rings (SSSR count). The van der Waals surface area contributed by atoms with Crippen molar-refractivity contribution >= 4 is 22.6 Å². The number of furan rings is 1. The van der Waals surface area contributed by atoms with Crippen molar-refractivity contribution in [2.45, 2.75) is 34.1 Å². The van der Waals surface area contributed by atoms with Crippen molar-refractivity contribution < 1.29 is 9.21 Å². The van der Waals surface area contributed by atoms with Crippen molar-refractivity contribution in [3.8, 4) is 0 Å². The van der Waals surface area contributed by atoms with E-state index in [-0.39, 0.29) is 5.91 Å². The zero-order valence-corrected chi connectivity index (χ0v) is 14.0. The van der Waals surface area contributed by atoms with Gasteiger partial charge in [-0.05, 0) is 74.2 Å². The molecule has 118 valence electrons. The maximum absolute atomic E-state index is 12.3. The van der Waals surface area contributed by atoms with E-state index in [0.29, 0.717) is 6.42 Å². The summed E-state index contributed by atoms with van der Waals surface area (Å²) < 4.78 is 5.59. The minimum Gasteiger partial charge on any atom is -0.464 e. The number of hydrogen-bond acceptors (Lipinski definition) is 2. The molecule has 1 N–H and O–H groups in total. The summed E-state index contributed by atoms with van der Waals surface area (Å²) in [7, 11) is 0. The lowest BCUT2D eigenvalue weighted by atomic mass is 10.0. The van der Waals surface area contributed by atoms with Crippen molar-refractivity contribution in [2.75, 3.05) is 5.32 Å². The van der Waals surface area contributed by atoms with Gasteiger partial charge in [0.1, 0.15) is 5.58 Å². The largest absolute Gasteiger partial charge is 0.464 e. The number of anilines is 1. The van der Waals surface area contributed by atoms with Gasteiger partial charge in [0.2, 0.25) is 5.91 Å². The number of nitrogens with one attached hydrogen (secondary N) is 1. The van der Waals surface area contributed by atoms with Gasteiger partial charge < -0.3 is 9.73 Å². The van der Waals surface area contributed by atoms with Gasteiger partial charge in [-0.1, -0.05) is 6.07 Å². The molecule has 1 heterocycles. The van der Waals surface area contributed by atoms with E-state index < -0.39 is 0 Å². The Morgan fingerprint density at radius 2 is 1.65 bits per heavy atom. The van der Waals surface area contributed by atoms with Gasteiger partial charge in [0.15, 0.2) is 0 Å². The summed E-state index contributed by atoms with van der Waals surface area (Å²) in [5.41, 5.74) is 7.37. The van der Waals surface area contributed by atoms with Crippen molar-refractivity contribution in [2.24, 2.45) is 0 Å². The van der Waals surface area contributed by atoms with E-state index in [0.717, 1.165) is 22.2 Å². The Hall–Kier alpha value is -2.55. The summed E-state index contributed by atoms with van der Waals surface area (Å²) >= 11 is 0. The first-order valence-corrected chi connectivity index (χ1v) is 7.78. The molecule has 23 heavy (non-hydrogen) atoms. The van der Waals surface area contributed by atoms with E-state index in [1.807, 2.05) is 31.2 Å². The minimum absolute atomic E-state index is 0.0332. The van der Waals surface area contributed by atoms with Gasteiger partial charge in [-0.3, -0.25) is 4.79 Å². The minimum atomic E-state index is -0.0332. The summed E-state index contributed by atoms with van der Waals surface area (Å²) in [5.74, 6) is -0.0332. The summed E-state index contributed by atoms with van der Waals surface area (Å²) in [6, 6.07) is 10.1. The first-order valence-electron chi connectivity index (χ1n) is 7.78. The van der Waals surface area contributed by atoms with Crippen LogP contribution in [0.2, 0.25) is 0 Å². The maximum Gasteiger partial charge on any atom is 0.228 e. The molecule has 0 saturated carbocycles. The monoisotopic (exact) mass is 307 g/mol. The molecule has 0 aliphatic heterocycles. The number of carbonyl (C=O) groups is 1. The van der Waals surface area contributed by atoms with Crippen LogP contribution in [0.4, 0.5) is 5.69 Å². The highest BCUT2D eigenvalue weighted by atomic mass is 16.3. The number of benzene rings is 2. The fourth-order valence-electron chi connectivity index (χ4n) is 2.67. The lowest BCUT2D eigenvalue weighted by Gasteiger charge is -2.07. The molecule has 0 unspecified atom stereocenters. The van der Waals surface area contributed by atoms with E-state index in [2.05, 4.69) is 32.2 Å². The van der Waals surface area contributed by atoms with Crippen LogP contribution in [-0.2, 0) is 11.2 Å². The van der Waals surface area contributed by atoms with Gasteiger partial charge >= 0.3 is 0 Å². The third kappa shape index (κ3) is 3.14. The Balaban J connectivity index is 1.80. The molecular weight excluding hydrogens is 286 g/mol. The Labute approximate surface area is 136 Å². The lowest BCUT2D eigenvalue weighted by molar-refractivity contribution is -0.115. The van der Waals surface area contributed by atoms with Crippen molar-refractivity contribution in [3.05, 3.63) is 64.4 Å². The second-order valence-electron chi connectivity index (χ2n) is 6.22. The molecule has 0 radical (unpaired) electrons. The van der Waals surface area contributed by atoms with E-state index in [1.54, 1.807) is 6.26 Å². The molecule has 3 nitrogen and oxygen atoms in total. The Bertz CT molecular complexity index is 890. The average Bonchev–Trinajstić information content (AvgIpc) is 2.86. The third-order valence-electron chi connectivity index (χ3n) is 4.41. The molecule has 0 aliphatic rings. The van der Waals surface area contributed by atoms with Crippen LogP contribution in [0.3, 0.4) is 0 Å². The number of amides is 1. The van der Waals surface area contributed by atoms with Gasteiger partial charge in [0, 0.05) is 16.6 Å². The molecule has 0 spiro atoms. The van der Waals surface area contributed by atoms with Crippen LogP contribution in [0.25, 0.3) is 11.0 Å². The van der Waals surface area contributed by atoms with E-state index in [9.17, 15) is 4.79 Å². The number of aryl methyl sites for hydroxylation is 4. The normalized spacial score (nSPS) is 11.0. The van der Waals surface area contributed by atoms with Gasteiger partial charge in [-0.25, -0.2) is 0 Å². The topological polar surface area (TPSA) is 42.2 Å². The van der Waals surface area contributed by atoms with Gasteiger partial charge in [0.05, 0.1) is 12.7 Å². The highest BCUT2D eigenvalue weighted by molar-refractivity contribution is 5.95. The predicted molar refractivity (Wildman–Crippen MR) is 93.9 cm³/mol. The van der Waals surface area contributed by atoms with E-state index in [4.69, 9.17) is 4.42 Å². The SMILES string of the molecule is Cc1ccc(NC(=O)Cc2coc3cc(C)c(C)cc23)cc1C. The number of fused-ring (bicyclic) bond motifs is 1. The molecule has 0 bridgehead atoms. The second kappa shape index (κ2) is 5.92. The first-order chi connectivity index (χ1) is 10.9. The van der Waals surface area contributed by atoms with Gasteiger partial charge in [-0.2, -0.15) is 0 Å². The summed E-state index contributed by atoms with van der Waals surface area (Å²) in [4.78, 5) is 12.3. The smallest absolute Gasteiger partial charge is 0.228 e. The highest BCUT2D eigenvalue weighted by Gasteiger charge is 2.12. The molecule has 0 aliphatic carbocycles. The van der Waals surface area contributed by atoms with Crippen molar-refractivity contribution in [1.82, 2.24) is 0 Å². The van der Waals surface area contributed by atoms with Crippen LogP contribution in [0.5, 0.6) is 0 Å². The fraction of sp³-hybridized carbons (Fsp3) is 0.250. The maximum atomic E-state index is 12.3. The highest BCUT2D eigenvalue weighted by Crippen LogP contribution is 2.25. The number of rotatable bonds is 3. The van der Waals surface area contributed by atoms with Crippen LogP contribution >= 0.6 is 0 Å². The Morgan fingerprint density at radius 1 is 0.957 bits per heavy atom. The molecule has 1 amide bonds. The summed E-state index contributed by atoms with van der Waals surface area (Å²) in [6.07, 6.45) is 1.99. The molecule has 2 aromatic carbocycles. The average molecular weight is 307 g/mol. The molecule has 0 atom stereocenters. The molecule has 0 fully saturated rings. The van der Waals surface area contributed by atoms with Crippen LogP contribution in [0, 0.1) is 27.7 Å².